The topological polar surface area (TPSA) is 46.5 Å². The summed E-state index contributed by atoms with van der Waals surface area (Å²) in [6.07, 6.45) is 1.96. The van der Waals surface area contributed by atoms with Crippen molar-refractivity contribution in [2.24, 2.45) is 0 Å². The maximum atomic E-state index is 14.3. The Bertz CT molecular complexity index is 1330. The Labute approximate surface area is 196 Å². The smallest absolute Gasteiger partial charge is 0.323 e. The Morgan fingerprint density at radius 3 is 2.62 bits per heavy atom. The van der Waals surface area contributed by atoms with E-state index in [1.807, 2.05) is 73.8 Å². The molecular weight excluding hydrogens is 436 g/mol. The molecule has 1 aromatic heterocycles. The molecule has 0 radical (unpaired) electrons. The fourth-order valence-electron chi connectivity index (χ4n) is 4.38. The predicted octanol–water partition coefficient (Wildman–Crippen LogP) is 6.29. The Morgan fingerprint density at radius 1 is 1.03 bits per heavy atom. The number of halogens is 2. The lowest BCUT2D eigenvalue weighted by Crippen LogP contribution is -2.38. The summed E-state index contributed by atoms with van der Waals surface area (Å²) in [6.45, 7) is 2.74. The third-order valence-electron chi connectivity index (χ3n) is 5.90. The summed E-state index contributed by atoms with van der Waals surface area (Å²) >= 11 is 0. The average Bonchev–Trinajstić information content (AvgIpc) is 3.26. The first-order valence-corrected chi connectivity index (χ1v) is 11.1. The average molecular weight is 459 g/mol. The molecule has 2 heterocycles. The second-order valence-electron chi connectivity index (χ2n) is 8.02. The summed E-state index contributed by atoms with van der Waals surface area (Å²) in [6, 6.07) is 21.3. The van der Waals surface area contributed by atoms with Crippen molar-refractivity contribution < 1.29 is 18.3 Å². The van der Waals surface area contributed by atoms with Crippen LogP contribution in [0, 0.1) is 11.6 Å². The lowest BCUT2D eigenvalue weighted by molar-refractivity contribution is 0.194. The van der Waals surface area contributed by atoms with Crippen LogP contribution in [-0.2, 0) is 6.54 Å². The van der Waals surface area contributed by atoms with Gasteiger partial charge in [0.2, 0.25) is 0 Å². The number of benzene rings is 3. The Balaban J connectivity index is 1.61. The number of amides is 2. The molecule has 4 aromatic rings. The molecular formula is C27H23F2N3O2. The van der Waals surface area contributed by atoms with E-state index in [1.165, 1.54) is 0 Å². The molecule has 0 saturated heterocycles. The number of nitrogens with one attached hydrogen (secondary N) is 1. The third-order valence-corrected chi connectivity index (χ3v) is 5.90. The number of carbonyl (C=O) groups is 1. The monoisotopic (exact) mass is 459 g/mol. The molecule has 3 aromatic carbocycles. The highest BCUT2D eigenvalue weighted by molar-refractivity contribution is 5.90. The molecule has 34 heavy (non-hydrogen) atoms. The Kier molecular flexibility index (Phi) is 5.76. The molecule has 0 spiro atoms. The molecule has 5 rings (SSSR count). The number of urea groups is 1. The maximum absolute atomic E-state index is 14.3. The van der Waals surface area contributed by atoms with Gasteiger partial charge in [-0.25, -0.2) is 13.6 Å². The number of anilines is 1. The van der Waals surface area contributed by atoms with Crippen molar-refractivity contribution in [2.45, 2.75) is 19.5 Å². The van der Waals surface area contributed by atoms with Gasteiger partial charge in [-0.1, -0.05) is 30.3 Å². The number of nitrogens with zero attached hydrogens (tertiary/aromatic N) is 2. The highest BCUT2D eigenvalue weighted by Gasteiger charge is 2.33. The van der Waals surface area contributed by atoms with Crippen molar-refractivity contribution in [3.63, 3.8) is 0 Å². The minimum Gasteiger partial charge on any atom is -0.494 e. The largest absolute Gasteiger partial charge is 0.494 e. The summed E-state index contributed by atoms with van der Waals surface area (Å²) in [5.41, 5.74) is 3.44. The predicted molar refractivity (Wildman–Crippen MR) is 126 cm³/mol. The zero-order valence-corrected chi connectivity index (χ0v) is 18.5. The van der Waals surface area contributed by atoms with E-state index in [0.29, 0.717) is 6.61 Å². The van der Waals surface area contributed by atoms with Gasteiger partial charge in [0, 0.05) is 18.0 Å². The molecule has 1 aliphatic rings. The fourth-order valence-corrected chi connectivity index (χ4v) is 4.38. The quantitative estimate of drug-likeness (QED) is 0.390. The Morgan fingerprint density at radius 2 is 1.82 bits per heavy atom. The number of carbonyl (C=O) groups excluding carboxylic acids is 1. The number of ether oxygens (including phenoxy) is 1. The molecule has 0 saturated carbocycles. The summed E-state index contributed by atoms with van der Waals surface area (Å²) in [4.78, 5) is 15.2. The van der Waals surface area contributed by atoms with Crippen LogP contribution in [0.5, 0.6) is 5.75 Å². The number of para-hydroxylation sites is 1. The number of hydrogen-bond acceptors (Lipinski definition) is 2. The summed E-state index contributed by atoms with van der Waals surface area (Å²) in [7, 11) is 0. The van der Waals surface area contributed by atoms with Gasteiger partial charge in [-0.3, -0.25) is 0 Å². The van der Waals surface area contributed by atoms with Gasteiger partial charge in [-0.05, 0) is 60.5 Å². The minimum absolute atomic E-state index is 0.205. The zero-order valence-electron chi connectivity index (χ0n) is 18.5. The van der Waals surface area contributed by atoms with Crippen molar-refractivity contribution >= 4 is 11.7 Å². The van der Waals surface area contributed by atoms with Gasteiger partial charge in [0.05, 0.1) is 30.6 Å². The second kappa shape index (κ2) is 9.02. The van der Waals surface area contributed by atoms with Crippen LogP contribution in [0.3, 0.4) is 0 Å². The van der Waals surface area contributed by atoms with Crippen LogP contribution in [0.25, 0.3) is 5.69 Å². The van der Waals surface area contributed by atoms with Crippen LogP contribution in [0.15, 0.2) is 85.1 Å². The van der Waals surface area contributed by atoms with Gasteiger partial charge in [0.15, 0.2) is 0 Å². The Hall–Kier alpha value is -4.13. The van der Waals surface area contributed by atoms with Crippen molar-refractivity contribution in [3.05, 3.63) is 114 Å². The van der Waals surface area contributed by atoms with Crippen molar-refractivity contribution in [1.82, 2.24) is 9.47 Å². The summed E-state index contributed by atoms with van der Waals surface area (Å²) in [5, 5.41) is 2.57. The van der Waals surface area contributed by atoms with Crippen LogP contribution in [0.4, 0.5) is 19.3 Å². The van der Waals surface area contributed by atoms with Crippen LogP contribution in [-0.4, -0.2) is 22.1 Å². The third kappa shape index (κ3) is 4.01. The first kappa shape index (κ1) is 21.7. The standard InChI is InChI=1S/C27H23F2N3O2/c1-2-34-21-12-9-18(10-13-21)26-25-8-5-15-31(25)24-7-4-3-6-19(24)17-32(26)27(33)30-23-16-20(28)11-14-22(23)29/h3-16,26H,2,17H2,1H3,(H,30,33)/t26-/m0/s1. The lowest BCUT2D eigenvalue weighted by Gasteiger charge is -2.31. The number of rotatable bonds is 4. The van der Waals surface area contributed by atoms with E-state index in [2.05, 4.69) is 9.88 Å². The molecule has 0 aliphatic carbocycles. The minimum atomic E-state index is -0.703. The highest BCUT2D eigenvalue weighted by atomic mass is 19.1. The van der Waals surface area contributed by atoms with Gasteiger partial charge in [0.25, 0.3) is 0 Å². The van der Waals surface area contributed by atoms with E-state index in [0.717, 1.165) is 46.5 Å². The highest BCUT2D eigenvalue weighted by Crippen LogP contribution is 2.37. The fraction of sp³-hybridized carbons (Fsp3) is 0.148. The normalized spacial score (nSPS) is 14.7. The molecule has 0 fully saturated rings. The van der Waals surface area contributed by atoms with E-state index in [-0.39, 0.29) is 12.2 Å². The van der Waals surface area contributed by atoms with Crippen LogP contribution in [0.2, 0.25) is 0 Å². The lowest BCUT2D eigenvalue weighted by atomic mass is 10.0. The molecule has 1 aliphatic heterocycles. The van der Waals surface area contributed by atoms with E-state index in [9.17, 15) is 13.6 Å². The summed E-state index contributed by atoms with van der Waals surface area (Å²) < 4.78 is 35.7. The number of aromatic nitrogens is 1. The van der Waals surface area contributed by atoms with E-state index in [1.54, 1.807) is 4.90 Å². The molecule has 172 valence electrons. The van der Waals surface area contributed by atoms with Crippen molar-refractivity contribution in [3.8, 4) is 11.4 Å². The van der Waals surface area contributed by atoms with Gasteiger partial charge in [-0.2, -0.15) is 0 Å². The van der Waals surface area contributed by atoms with Crippen molar-refractivity contribution in [2.75, 3.05) is 11.9 Å². The molecule has 1 N–H and O–H groups in total. The first-order chi connectivity index (χ1) is 16.5. The van der Waals surface area contributed by atoms with E-state index in [4.69, 9.17) is 4.74 Å². The van der Waals surface area contributed by atoms with E-state index < -0.39 is 23.7 Å². The van der Waals surface area contributed by atoms with Crippen LogP contribution >= 0.6 is 0 Å². The second-order valence-corrected chi connectivity index (χ2v) is 8.02. The van der Waals surface area contributed by atoms with E-state index >= 15 is 0 Å². The first-order valence-electron chi connectivity index (χ1n) is 11.1. The molecule has 5 nitrogen and oxygen atoms in total. The summed E-state index contributed by atoms with van der Waals surface area (Å²) in [5.74, 6) is -0.600. The van der Waals surface area contributed by atoms with Gasteiger partial charge in [-0.15, -0.1) is 0 Å². The number of fused-ring (bicyclic) bond motifs is 3. The van der Waals surface area contributed by atoms with Crippen molar-refractivity contribution in [1.29, 1.82) is 0 Å². The molecule has 0 unspecified atom stereocenters. The molecule has 0 bridgehead atoms. The number of hydrogen-bond donors (Lipinski definition) is 1. The van der Waals surface area contributed by atoms with Gasteiger partial charge in [0.1, 0.15) is 17.4 Å². The van der Waals surface area contributed by atoms with Crippen LogP contribution < -0.4 is 10.1 Å². The maximum Gasteiger partial charge on any atom is 0.323 e. The SMILES string of the molecule is CCOc1ccc([C@H]2c3cccn3-c3ccccc3CN2C(=O)Nc2cc(F)ccc2F)cc1. The zero-order chi connectivity index (χ0) is 23.7. The molecule has 2 amide bonds. The molecule has 7 heteroatoms. The van der Waals surface area contributed by atoms with Crippen LogP contribution in [0.1, 0.15) is 29.8 Å². The van der Waals surface area contributed by atoms with Gasteiger partial charge < -0.3 is 19.5 Å². The van der Waals surface area contributed by atoms with Gasteiger partial charge >= 0.3 is 6.03 Å². The molecule has 1 atom stereocenters.